The van der Waals surface area contributed by atoms with Crippen LogP contribution < -0.4 is 20.6 Å². The smallest absolute Gasteiger partial charge is 0.333 e. The van der Waals surface area contributed by atoms with Crippen molar-refractivity contribution in [2.24, 2.45) is 0 Å². The van der Waals surface area contributed by atoms with E-state index in [2.05, 4.69) is 237 Å². The van der Waals surface area contributed by atoms with E-state index in [0.717, 1.165) is 0 Å². The molecule has 7 aliphatic rings. The first-order valence-corrected chi connectivity index (χ1v) is 29.3. The summed E-state index contributed by atoms with van der Waals surface area (Å²) in [4.78, 5) is 5.77. The number of benzene rings is 7. The molecule has 0 amide bonds. The fourth-order valence-electron chi connectivity index (χ4n) is 16.9. The summed E-state index contributed by atoms with van der Waals surface area (Å²) in [6, 6.07) is 45.1. The molecule has 0 bridgehead atoms. The molecule has 14 rings (SSSR count). The summed E-state index contributed by atoms with van der Waals surface area (Å²) >= 11 is 0. The summed E-state index contributed by atoms with van der Waals surface area (Å²) in [7, 11) is 0. The van der Waals surface area contributed by atoms with Crippen LogP contribution in [0.2, 0.25) is 0 Å². The molecular formula is C73H81BN2. The van der Waals surface area contributed by atoms with Crippen molar-refractivity contribution in [3.63, 3.8) is 0 Å². The Kier molecular flexibility index (Phi) is 9.49. The summed E-state index contributed by atoms with van der Waals surface area (Å²) in [6.45, 7) is 42.5. The quantitative estimate of drug-likeness (QED) is 0.159. The van der Waals surface area contributed by atoms with Crippen molar-refractivity contribution in [2.75, 3.05) is 9.71 Å². The van der Waals surface area contributed by atoms with E-state index in [-0.39, 0.29) is 50.2 Å². The Morgan fingerprint density at radius 2 is 0.816 bits per heavy atom. The van der Waals surface area contributed by atoms with Crippen LogP contribution in [-0.2, 0) is 43.3 Å². The summed E-state index contributed by atoms with van der Waals surface area (Å²) in [6.07, 6.45) is 7.08. The first-order valence-electron chi connectivity index (χ1n) is 29.3. The molecule has 386 valence electrons. The second kappa shape index (κ2) is 14.9. The van der Waals surface area contributed by atoms with Crippen molar-refractivity contribution in [2.45, 2.75) is 200 Å². The van der Waals surface area contributed by atoms with Gasteiger partial charge in [0.2, 0.25) is 0 Å². The van der Waals surface area contributed by atoms with Gasteiger partial charge in [-0.3, -0.25) is 0 Å². The minimum absolute atomic E-state index is 0.0260. The Labute approximate surface area is 456 Å². The van der Waals surface area contributed by atoms with E-state index in [9.17, 15) is 0 Å². The van der Waals surface area contributed by atoms with Crippen molar-refractivity contribution in [1.29, 1.82) is 0 Å². The molecule has 2 heterocycles. The number of nitrogens with zero attached hydrogens (tertiary/aromatic N) is 2. The summed E-state index contributed by atoms with van der Waals surface area (Å²) in [5.41, 5.74) is 33.9. The molecule has 5 aliphatic carbocycles. The third kappa shape index (κ3) is 6.18. The van der Waals surface area contributed by atoms with Gasteiger partial charge in [-0.1, -0.05) is 178 Å². The van der Waals surface area contributed by atoms with Crippen LogP contribution in [0, 0.1) is 6.92 Å². The largest absolute Gasteiger partial charge is 0.376 e. The molecule has 7 aromatic carbocycles. The summed E-state index contributed by atoms with van der Waals surface area (Å²) in [5.74, 6) is 0. The Bertz CT molecular complexity index is 3750. The third-order valence-electron chi connectivity index (χ3n) is 21.9. The zero-order chi connectivity index (χ0) is 53.6. The Morgan fingerprint density at radius 1 is 0.342 bits per heavy atom. The van der Waals surface area contributed by atoms with Crippen LogP contribution >= 0.6 is 0 Å². The lowest BCUT2D eigenvalue weighted by Crippen LogP contribution is -2.63. The lowest BCUT2D eigenvalue weighted by molar-refractivity contribution is 0.332. The Balaban J connectivity index is 1.20. The molecular weight excluding hydrogens is 916 g/mol. The number of fused-ring (bicyclic) bond motifs is 15. The van der Waals surface area contributed by atoms with Crippen molar-refractivity contribution in [3.05, 3.63) is 170 Å². The molecule has 0 radical (unpaired) electrons. The van der Waals surface area contributed by atoms with Gasteiger partial charge >= 0.3 is 6.85 Å². The van der Waals surface area contributed by atoms with Crippen molar-refractivity contribution in [3.8, 4) is 33.4 Å². The maximum absolute atomic E-state index is 2.92. The van der Waals surface area contributed by atoms with Crippen molar-refractivity contribution in [1.82, 2.24) is 0 Å². The number of hydrogen-bond donors (Lipinski definition) is 0. The van der Waals surface area contributed by atoms with E-state index < -0.39 is 0 Å². The van der Waals surface area contributed by atoms with Crippen molar-refractivity contribution >= 4 is 46.2 Å². The van der Waals surface area contributed by atoms with Crippen LogP contribution in [-0.4, -0.2) is 6.85 Å². The van der Waals surface area contributed by atoms with Crippen LogP contribution in [0.4, 0.5) is 28.4 Å². The zero-order valence-electron chi connectivity index (χ0n) is 49.1. The van der Waals surface area contributed by atoms with Crippen molar-refractivity contribution < 1.29 is 0 Å². The van der Waals surface area contributed by atoms with E-state index in [0.29, 0.717) is 0 Å². The number of aryl methyl sites for hydroxylation is 1. The van der Waals surface area contributed by atoms with Crippen LogP contribution in [0.5, 0.6) is 0 Å². The van der Waals surface area contributed by atoms with E-state index in [1.165, 1.54) is 172 Å². The minimum Gasteiger partial charge on any atom is -0.376 e. The number of rotatable bonds is 2. The van der Waals surface area contributed by atoms with Crippen LogP contribution in [0.15, 0.2) is 109 Å². The molecule has 0 atom stereocenters. The van der Waals surface area contributed by atoms with E-state index >= 15 is 0 Å². The van der Waals surface area contributed by atoms with Gasteiger partial charge in [-0.25, -0.2) is 0 Å². The lowest BCUT2D eigenvalue weighted by atomic mass is 9.41. The predicted molar refractivity (Wildman–Crippen MR) is 326 cm³/mol. The van der Waals surface area contributed by atoms with Gasteiger partial charge in [0.15, 0.2) is 0 Å². The number of hydrogen-bond acceptors (Lipinski definition) is 2. The fraction of sp³-hybridized carbons (Fsp3) is 0.425. The Morgan fingerprint density at radius 3 is 1.39 bits per heavy atom. The highest BCUT2D eigenvalue weighted by Crippen LogP contribution is 2.62. The number of anilines is 5. The van der Waals surface area contributed by atoms with E-state index in [4.69, 9.17) is 0 Å². The first kappa shape index (κ1) is 48.6. The summed E-state index contributed by atoms with van der Waals surface area (Å²) < 4.78 is 0. The van der Waals surface area contributed by atoms with E-state index in [1.807, 2.05) is 0 Å². The highest BCUT2D eigenvalue weighted by atomic mass is 15.2. The average Bonchev–Trinajstić information content (AvgIpc) is 3.77. The van der Waals surface area contributed by atoms with Crippen LogP contribution in [0.1, 0.15) is 211 Å². The standard InChI is InChI=1S/C73H81BN2/c1-42-36-53-56(70(10,11)34-32-67(53,4)5)40-59(42)75-58-29-27-46-44-22-18-20-24-50(44)72(14,15)61(46)64(58)74-63-49(38-48-45-23-19-21-25-51(45)73(16,17)62(48)65(63)75)47-39-55-57(71(12,13)35-33-69(55,8)9)41-60(47)76(74)43-26-28-52-54(37-43)68(6,7)31-30-66(52,2)3/h18-29,36-41H,30-35H2,1-17H3. The molecule has 0 aromatic heterocycles. The van der Waals surface area contributed by atoms with Gasteiger partial charge in [-0.2, -0.15) is 0 Å². The highest BCUT2D eigenvalue weighted by molar-refractivity contribution is 6.94. The molecule has 0 N–H and O–H groups in total. The van der Waals surface area contributed by atoms with Gasteiger partial charge in [-0.05, 0) is 220 Å². The van der Waals surface area contributed by atoms with Gasteiger partial charge in [0.25, 0.3) is 0 Å². The van der Waals surface area contributed by atoms with Gasteiger partial charge < -0.3 is 9.71 Å². The monoisotopic (exact) mass is 997 g/mol. The average molecular weight is 997 g/mol. The van der Waals surface area contributed by atoms with Crippen LogP contribution in [0.25, 0.3) is 33.4 Å². The zero-order valence-corrected chi connectivity index (χ0v) is 49.1. The normalized spacial score (nSPS) is 21.7. The molecule has 0 unspecified atom stereocenters. The molecule has 0 fully saturated rings. The van der Waals surface area contributed by atoms with Crippen LogP contribution in [0.3, 0.4) is 0 Å². The lowest BCUT2D eigenvalue weighted by Gasteiger charge is -2.51. The first-order chi connectivity index (χ1) is 35.6. The van der Waals surface area contributed by atoms with Gasteiger partial charge in [0, 0.05) is 44.8 Å². The maximum atomic E-state index is 2.92. The second-order valence-corrected chi connectivity index (χ2v) is 30.1. The topological polar surface area (TPSA) is 6.48 Å². The molecule has 2 nitrogen and oxygen atoms in total. The van der Waals surface area contributed by atoms with Gasteiger partial charge in [0.1, 0.15) is 0 Å². The maximum Gasteiger partial charge on any atom is 0.333 e. The molecule has 76 heavy (non-hydrogen) atoms. The molecule has 0 saturated carbocycles. The molecule has 0 spiro atoms. The fourth-order valence-corrected chi connectivity index (χ4v) is 16.9. The van der Waals surface area contributed by atoms with E-state index in [1.54, 1.807) is 0 Å². The molecule has 0 saturated heterocycles. The predicted octanol–water partition coefficient (Wildman–Crippen LogP) is 18.4. The molecule has 2 aliphatic heterocycles. The second-order valence-electron chi connectivity index (χ2n) is 30.1. The van der Waals surface area contributed by atoms with Gasteiger partial charge in [0.05, 0.1) is 0 Å². The SMILES string of the molecule is Cc1cc2c(cc1N1c3ccc4c(c3B3c5c(cc6c(c51)C(C)(C)c1ccccc1-6)-c1cc5c(cc1N3c1ccc3c(c1)C(C)(C)CCC3(C)C)C(C)(C)CCC5(C)C)C(C)(C)c1ccccc1-4)C(C)(C)CCC2(C)C. The highest BCUT2D eigenvalue weighted by Gasteiger charge is 2.55. The molecule has 7 aromatic rings. The molecule has 3 heteroatoms. The van der Waals surface area contributed by atoms with Gasteiger partial charge in [-0.15, -0.1) is 0 Å². The third-order valence-corrected chi connectivity index (χ3v) is 21.9. The summed E-state index contributed by atoms with van der Waals surface area (Å²) in [5, 5.41) is 0. The minimum atomic E-state index is -0.277. The Hall–Kier alpha value is -5.80.